The Morgan fingerprint density at radius 1 is 1.22 bits per heavy atom. The second-order valence-electron chi connectivity index (χ2n) is 2.47. The highest BCUT2D eigenvalue weighted by molar-refractivity contribution is 5.20. The molecule has 0 aromatic rings. The Hall–Kier alpha value is -0.620. The van der Waals surface area contributed by atoms with Crippen LogP contribution in [0.15, 0.2) is 0 Å². The van der Waals surface area contributed by atoms with Gasteiger partial charge in [-0.15, -0.1) is 0 Å². The highest BCUT2D eigenvalue weighted by Gasteiger charge is 2.07. The molecule has 1 aliphatic rings. The third kappa shape index (κ3) is 5.25. The predicted molar refractivity (Wildman–Crippen MR) is 32.6 cm³/mol. The summed E-state index contributed by atoms with van der Waals surface area (Å²) in [5.41, 5.74) is 0. The molecule has 9 heavy (non-hydrogen) atoms. The highest BCUT2D eigenvalue weighted by atomic mass is 16.2. The minimum Gasteiger partial charge on any atom is -0.186 e. The van der Waals surface area contributed by atoms with Crippen LogP contribution in [-0.2, 0) is 9.59 Å². The smallest absolute Gasteiger partial charge is 0.186 e. The van der Waals surface area contributed by atoms with Gasteiger partial charge in [0.05, 0.1) is 0 Å². The fourth-order valence-corrected chi connectivity index (χ4v) is 1.13. The first-order chi connectivity index (χ1) is 4.31. The molecule has 1 aliphatic carbocycles. The normalized spacial score (nSPS) is 17.9. The van der Waals surface area contributed by atoms with E-state index in [2.05, 4.69) is 6.92 Å². The van der Waals surface area contributed by atoms with Crippen LogP contribution >= 0.6 is 0 Å². The summed E-state index contributed by atoms with van der Waals surface area (Å²) in [6.45, 7) is 2.34. The van der Waals surface area contributed by atoms with Crippen molar-refractivity contribution in [2.75, 3.05) is 0 Å². The average molecular weight is 128 g/mol. The first kappa shape index (κ1) is 8.38. The maximum Gasteiger partial charge on any atom is 0.373 e. The molecule has 0 aliphatic heterocycles. The van der Waals surface area contributed by atoms with Crippen molar-refractivity contribution in [3.63, 3.8) is 0 Å². The van der Waals surface area contributed by atoms with Gasteiger partial charge < -0.3 is 0 Å². The number of carbonyl (C=O) groups excluding carboxylic acids is 2. The fraction of sp³-hybridized carbons (Fsp3) is 0.857. The molecule has 0 unspecified atom stereocenters. The Balaban J connectivity index is 0.000000187. The predicted octanol–water partition coefficient (Wildman–Crippen LogP) is 1.61. The molecular weight excluding hydrogens is 116 g/mol. The van der Waals surface area contributed by atoms with Crippen LogP contribution in [0.25, 0.3) is 0 Å². The summed E-state index contributed by atoms with van der Waals surface area (Å²) < 4.78 is 0. The average Bonchev–Trinajstić information content (AvgIpc) is 2.20. The van der Waals surface area contributed by atoms with Gasteiger partial charge in [-0.3, -0.25) is 0 Å². The lowest BCUT2D eigenvalue weighted by Gasteiger charge is -1.91. The number of hydrogen-bond donors (Lipinski definition) is 0. The molecule has 0 bridgehead atoms. The monoisotopic (exact) mass is 128 g/mol. The van der Waals surface area contributed by atoms with Crippen LogP contribution in [0.1, 0.15) is 32.6 Å². The van der Waals surface area contributed by atoms with Gasteiger partial charge in [-0.1, -0.05) is 32.6 Å². The summed E-state index contributed by atoms with van der Waals surface area (Å²) in [6, 6.07) is 0. The molecule has 1 saturated carbocycles. The van der Waals surface area contributed by atoms with Crippen LogP contribution in [0, 0.1) is 5.92 Å². The van der Waals surface area contributed by atoms with Gasteiger partial charge >= 0.3 is 6.15 Å². The van der Waals surface area contributed by atoms with Crippen LogP contribution in [-0.4, -0.2) is 6.15 Å². The molecule has 2 nitrogen and oxygen atoms in total. The van der Waals surface area contributed by atoms with E-state index in [0.717, 1.165) is 5.92 Å². The molecule has 0 N–H and O–H groups in total. The van der Waals surface area contributed by atoms with E-state index >= 15 is 0 Å². The Bertz CT molecular complexity index is 87.1. The summed E-state index contributed by atoms with van der Waals surface area (Å²) in [5.74, 6) is 1.05. The maximum absolute atomic E-state index is 8.12. The Morgan fingerprint density at radius 2 is 1.56 bits per heavy atom. The third-order valence-corrected chi connectivity index (χ3v) is 1.64. The second-order valence-corrected chi connectivity index (χ2v) is 2.47. The van der Waals surface area contributed by atoms with Crippen molar-refractivity contribution in [3.8, 4) is 0 Å². The van der Waals surface area contributed by atoms with Crippen LogP contribution in [0.3, 0.4) is 0 Å². The van der Waals surface area contributed by atoms with Crippen molar-refractivity contribution in [3.05, 3.63) is 0 Å². The molecule has 0 heterocycles. The highest BCUT2D eigenvalue weighted by Crippen LogP contribution is 2.22. The molecule has 0 aromatic heterocycles. The van der Waals surface area contributed by atoms with E-state index in [1.807, 2.05) is 0 Å². The van der Waals surface area contributed by atoms with Crippen molar-refractivity contribution in [2.24, 2.45) is 5.92 Å². The van der Waals surface area contributed by atoms with Gasteiger partial charge in [-0.05, 0) is 5.92 Å². The van der Waals surface area contributed by atoms with Crippen LogP contribution in [0.4, 0.5) is 0 Å². The molecule has 0 aromatic carbocycles. The zero-order chi connectivity index (χ0) is 7.11. The van der Waals surface area contributed by atoms with E-state index in [-0.39, 0.29) is 6.15 Å². The van der Waals surface area contributed by atoms with E-state index in [4.69, 9.17) is 9.59 Å². The summed E-state index contributed by atoms with van der Waals surface area (Å²) in [6.07, 6.45) is 6.20. The van der Waals surface area contributed by atoms with Gasteiger partial charge in [0.15, 0.2) is 0 Å². The van der Waals surface area contributed by atoms with Gasteiger partial charge in [-0.25, -0.2) is 0 Å². The number of hydrogen-bond acceptors (Lipinski definition) is 2. The van der Waals surface area contributed by atoms with Crippen molar-refractivity contribution < 1.29 is 9.59 Å². The molecule has 1 rings (SSSR count). The minimum absolute atomic E-state index is 0.250. The van der Waals surface area contributed by atoms with Crippen molar-refractivity contribution in [1.82, 2.24) is 0 Å². The molecule has 52 valence electrons. The lowest BCUT2D eigenvalue weighted by atomic mass is 10.2. The van der Waals surface area contributed by atoms with Gasteiger partial charge in [0.1, 0.15) is 0 Å². The third-order valence-electron chi connectivity index (χ3n) is 1.64. The van der Waals surface area contributed by atoms with Gasteiger partial charge in [0.25, 0.3) is 0 Å². The van der Waals surface area contributed by atoms with Crippen LogP contribution in [0.5, 0.6) is 0 Å². The van der Waals surface area contributed by atoms with E-state index in [9.17, 15) is 0 Å². The maximum atomic E-state index is 8.12. The summed E-state index contributed by atoms with van der Waals surface area (Å²) in [7, 11) is 0. The lowest BCUT2D eigenvalue weighted by Crippen LogP contribution is -1.78. The molecule has 0 amide bonds. The minimum atomic E-state index is 0.250. The summed E-state index contributed by atoms with van der Waals surface area (Å²) in [5, 5.41) is 0. The molecular formula is C7H12O2. The van der Waals surface area contributed by atoms with E-state index in [1.54, 1.807) is 0 Å². The lowest BCUT2D eigenvalue weighted by molar-refractivity contribution is -0.191. The van der Waals surface area contributed by atoms with Crippen molar-refractivity contribution in [1.29, 1.82) is 0 Å². The van der Waals surface area contributed by atoms with E-state index < -0.39 is 0 Å². The Labute approximate surface area is 55.3 Å². The zero-order valence-corrected chi connectivity index (χ0v) is 5.72. The molecule has 1 fully saturated rings. The van der Waals surface area contributed by atoms with Crippen molar-refractivity contribution in [2.45, 2.75) is 32.6 Å². The first-order valence-electron chi connectivity index (χ1n) is 3.30. The topological polar surface area (TPSA) is 34.1 Å². The van der Waals surface area contributed by atoms with E-state index in [0.29, 0.717) is 0 Å². The molecule has 2 heteroatoms. The number of rotatable bonds is 0. The standard InChI is InChI=1S/C6H12.CO2/c1-6-4-2-3-5-6;2-1-3/h6H,2-5H2,1H3;. The van der Waals surface area contributed by atoms with Crippen LogP contribution in [0.2, 0.25) is 0 Å². The van der Waals surface area contributed by atoms with Crippen LogP contribution < -0.4 is 0 Å². The van der Waals surface area contributed by atoms with Gasteiger partial charge in [0.2, 0.25) is 0 Å². The Kier molecular flexibility index (Phi) is 5.14. The summed E-state index contributed by atoms with van der Waals surface area (Å²) in [4.78, 5) is 16.2. The van der Waals surface area contributed by atoms with Gasteiger partial charge in [0, 0.05) is 0 Å². The Morgan fingerprint density at radius 3 is 1.67 bits per heavy atom. The van der Waals surface area contributed by atoms with Gasteiger partial charge in [-0.2, -0.15) is 9.59 Å². The molecule has 0 radical (unpaired) electrons. The second kappa shape index (κ2) is 5.52. The van der Waals surface area contributed by atoms with Crippen molar-refractivity contribution >= 4 is 6.15 Å². The quantitative estimate of drug-likeness (QED) is 0.496. The zero-order valence-electron chi connectivity index (χ0n) is 5.72. The van der Waals surface area contributed by atoms with E-state index in [1.165, 1.54) is 25.7 Å². The largest absolute Gasteiger partial charge is 0.373 e. The fourth-order valence-electron chi connectivity index (χ4n) is 1.13. The molecule has 0 spiro atoms. The first-order valence-corrected chi connectivity index (χ1v) is 3.30. The SMILES string of the molecule is CC1CCCC1.O=C=O. The molecule has 0 saturated heterocycles. The molecule has 0 atom stereocenters. The summed E-state index contributed by atoms with van der Waals surface area (Å²) >= 11 is 0.